The van der Waals surface area contributed by atoms with Crippen LogP contribution in [0.15, 0.2) is 65.3 Å². The lowest BCUT2D eigenvalue weighted by molar-refractivity contribution is -0.152. The van der Waals surface area contributed by atoms with Gasteiger partial charge in [-0.3, -0.25) is 9.59 Å². The first-order valence-electron chi connectivity index (χ1n) is 11.4. The molecule has 1 saturated heterocycles. The smallest absolute Gasteiger partial charge is 0.374 e. The first-order valence-corrected chi connectivity index (χ1v) is 11.4. The highest BCUT2D eigenvalue weighted by Gasteiger charge is 2.43. The predicted molar refractivity (Wildman–Crippen MR) is 129 cm³/mol. The van der Waals surface area contributed by atoms with Gasteiger partial charge in [0.05, 0.1) is 39.6 Å². The maximum absolute atomic E-state index is 13.4. The zero-order valence-electron chi connectivity index (χ0n) is 20.3. The number of esters is 2. The lowest BCUT2D eigenvalue weighted by atomic mass is 9.83. The van der Waals surface area contributed by atoms with E-state index in [-0.39, 0.29) is 24.7 Å². The number of hydrogen-bond acceptors (Lipinski definition) is 8. The fourth-order valence-corrected chi connectivity index (χ4v) is 4.43. The van der Waals surface area contributed by atoms with Crippen LogP contribution in [0.5, 0.6) is 11.5 Å². The first kappa shape index (κ1) is 24.8. The van der Waals surface area contributed by atoms with Crippen molar-refractivity contribution in [1.82, 2.24) is 0 Å². The summed E-state index contributed by atoms with van der Waals surface area (Å²) in [6.07, 6.45) is 1.79. The number of amides is 1. The normalized spacial score (nSPS) is 17.4. The van der Waals surface area contributed by atoms with E-state index in [2.05, 4.69) is 0 Å². The molecule has 2 aromatic carbocycles. The molecule has 1 fully saturated rings. The van der Waals surface area contributed by atoms with Crippen molar-refractivity contribution in [1.29, 1.82) is 0 Å². The summed E-state index contributed by atoms with van der Waals surface area (Å²) < 4.78 is 26.4. The molecule has 0 aliphatic carbocycles. The first-order chi connectivity index (χ1) is 17.5. The number of benzene rings is 2. The van der Waals surface area contributed by atoms with E-state index in [1.54, 1.807) is 55.5 Å². The lowest BCUT2D eigenvalue weighted by Crippen LogP contribution is -2.46. The van der Waals surface area contributed by atoms with Gasteiger partial charge in [0.15, 0.2) is 0 Å². The van der Waals surface area contributed by atoms with Crippen molar-refractivity contribution < 1.29 is 37.7 Å². The van der Waals surface area contributed by atoms with Crippen LogP contribution in [0, 0.1) is 5.92 Å². The largest absolute Gasteiger partial charge is 0.497 e. The summed E-state index contributed by atoms with van der Waals surface area (Å²) in [5.74, 6) is -0.797. The van der Waals surface area contributed by atoms with E-state index in [4.69, 9.17) is 23.4 Å². The second kappa shape index (κ2) is 11.0. The van der Waals surface area contributed by atoms with Gasteiger partial charge in [0, 0.05) is 23.2 Å². The second-order valence-electron chi connectivity index (χ2n) is 8.17. The molecule has 1 amide bonds. The fraction of sp³-hybridized carbons (Fsp3) is 0.296. The number of furan rings is 1. The van der Waals surface area contributed by atoms with Gasteiger partial charge in [-0.1, -0.05) is 18.2 Å². The van der Waals surface area contributed by atoms with E-state index in [1.165, 1.54) is 13.4 Å². The summed E-state index contributed by atoms with van der Waals surface area (Å²) in [4.78, 5) is 40.2. The van der Waals surface area contributed by atoms with E-state index in [0.29, 0.717) is 34.7 Å². The summed E-state index contributed by atoms with van der Waals surface area (Å²) in [6, 6.07) is 15.2. The fourth-order valence-electron chi connectivity index (χ4n) is 4.43. The van der Waals surface area contributed by atoms with Crippen molar-refractivity contribution in [3.05, 3.63) is 77.7 Å². The van der Waals surface area contributed by atoms with Crippen molar-refractivity contribution in [3.63, 3.8) is 0 Å². The number of ether oxygens (including phenoxy) is 4. The molecule has 0 unspecified atom stereocenters. The topological polar surface area (TPSA) is 105 Å². The van der Waals surface area contributed by atoms with Crippen LogP contribution >= 0.6 is 0 Å². The standard InChI is InChI=1S/C27H27NO8/c1-32-19-10-8-18(9-11-19)28-23(29)13-12-21(24(28)20-6-4-5-7-22(20)33-2)26(30)36-16-17-14-15-35-25(17)27(31)34-3/h4-11,14-15,21,24H,12-13,16H2,1-3H3/t21-,24+/m0/s1. The molecule has 2 heterocycles. The SMILES string of the molecule is COC(=O)c1occc1COC(=O)[C@H]1CCC(=O)N(c2ccc(OC)cc2)[C@@H]1c1ccccc1OC. The summed E-state index contributed by atoms with van der Waals surface area (Å²) in [5, 5.41) is 0. The Bertz CT molecular complexity index is 1230. The molecule has 1 aliphatic heterocycles. The predicted octanol–water partition coefficient (Wildman–Crippen LogP) is 4.31. The summed E-state index contributed by atoms with van der Waals surface area (Å²) >= 11 is 0. The molecule has 188 valence electrons. The zero-order chi connectivity index (χ0) is 25.7. The highest BCUT2D eigenvalue weighted by Crippen LogP contribution is 2.43. The van der Waals surface area contributed by atoms with Crippen molar-refractivity contribution in [2.45, 2.75) is 25.5 Å². The van der Waals surface area contributed by atoms with Gasteiger partial charge in [0.25, 0.3) is 0 Å². The monoisotopic (exact) mass is 493 g/mol. The van der Waals surface area contributed by atoms with Crippen molar-refractivity contribution >= 4 is 23.5 Å². The van der Waals surface area contributed by atoms with Gasteiger partial charge < -0.3 is 28.3 Å². The number of piperidine rings is 1. The number of nitrogens with zero attached hydrogens (tertiary/aromatic N) is 1. The molecule has 0 N–H and O–H groups in total. The third kappa shape index (κ3) is 4.91. The van der Waals surface area contributed by atoms with Gasteiger partial charge in [0.1, 0.15) is 18.1 Å². The Morgan fingerprint density at radius 2 is 1.75 bits per heavy atom. The quantitative estimate of drug-likeness (QED) is 0.428. The molecule has 0 saturated carbocycles. The van der Waals surface area contributed by atoms with E-state index in [9.17, 15) is 14.4 Å². The van der Waals surface area contributed by atoms with Gasteiger partial charge in [-0.25, -0.2) is 4.79 Å². The van der Waals surface area contributed by atoms with Crippen LogP contribution in [0.25, 0.3) is 0 Å². The Morgan fingerprint density at radius 3 is 2.44 bits per heavy atom. The van der Waals surface area contributed by atoms with Crippen LogP contribution in [0.3, 0.4) is 0 Å². The number of anilines is 1. The van der Waals surface area contributed by atoms with Crippen molar-refractivity contribution in [2.24, 2.45) is 5.92 Å². The summed E-state index contributed by atoms with van der Waals surface area (Å²) in [7, 11) is 4.35. The van der Waals surface area contributed by atoms with Crippen LogP contribution in [0.1, 0.15) is 40.6 Å². The van der Waals surface area contributed by atoms with Gasteiger partial charge in [-0.05, 0) is 42.8 Å². The molecule has 0 radical (unpaired) electrons. The molecular formula is C27H27NO8. The van der Waals surface area contributed by atoms with Gasteiger partial charge in [0.2, 0.25) is 11.7 Å². The highest BCUT2D eigenvalue weighted by molar-refractivity contribution is 5.97. The highest BCUT2D eigenvalue weighted by atomic mass is 16.5. The molecule has 9 nitrogen and oxygen atoms in total. The minimum Gasteiger partial charge on any atom is -0.497 e. The lowest BCUT2D eigenvalue weighted by Gasteiger charge is -2.40. The maximum Gasteiger partial charge on any atom is 0.374 e. The van der Waals surface area contributed by atoms with Crippen LogP contribution in [0.2, 0.25) is 0 Å². The Balaban J connectivity index is 1.68. The number of carbonyl (C=O) groups excluding carboxylic acids is 3. The van der Waals surface area contributed by atoms with E-state index < -0.39 is 23.9 Å². The third-order valence-electron chi connectivity index (χ3n) is 6.20. The van der Waals surface area contributed by atoms with Crippen LogP contribution < -0.4 is 14.4 Å². The van der Waals surface area contributed by atoms with Gasteiger partial charge in [-0.2, -0.15) is 0 Å². The molecule has 1 aliphatic rings. The van der Waals surface area contributed by atoms with Gasteiger partial charge >= 0.3 is 11.9 Å². The zero-order valence-corrected chi connectivity index (χ0v) is 20.3. The Kier molecular flexibility index (Phi) is 7.58. The number of para-hydroxylation sites is 1. The number of rotatable bonds is 8. The molecule has 2 atom stereocenters. The summed E-state index contributed by atoms with van der Waals surface area (Å²) in [6.45, 7) is -0.175. The molecule has 0 spiro atoms. The average molecular weight is 494 g/mol. The molecule has 0 bridgehead atoms. The third-order valence-corrected chi connectivity index (χ3v) is 6.20. The summed E-state index contributed by atoms with van der Waals surface area (Å²) in [5.41, 5.74) is 1.70. The molecule has 9 heteroatoms. The van der Waals surface area contributed by atoms with Crippen molar-refractivity contribution in [3.8, 4) is 11.5 Å². The molecule has 36 heavy (non-hydrogen) atoms. The average Bonchev–Trinajstić information content (AvgIpc) is 3.40. The van der Waals surface area contributed by atoms with E-state index in [1.807, 2.05) is 18.2 Å². The van der Waals surface area contributed by atoms with Gasteiger partial charge in [-0.15, -0.1) is 0 Å². The molecule has 4 rings (SSSR count). The Morgan fingerprint density at radius 1 is 1.00 bits per heavy atom. The molecule has 3 aromatic rings. The van der Waals surface area contributed by atoms with E-state index in [0.717, 1.165) is 0 Å². The van der Waals surface area contributed by atoms with Crippen LogP contribution in [0.4, 0.5) is 5.69 Å². The minimum atomic E-state index is -0.686. The number of hydrogen-bond donors (Lipinski definition) is 0. The van der Waals surface area contributed by atoms with Crippen LogP contribution in [-0.2, 0) is 25.7 Å². The maximum atomic E-state index is 13.4. The molecule has 1 aromatic heterocycles. The minimum absolute atomic E-state index is 0.0229. The molecular weight excluding hydrogens is 466 g/mol. The Labute approximate surface area is 208 Å². The Hall–Kier alpha value is -4.27. The second-order valence-corrected chi connectivity index (χ2v) is 8.17. The number of carbonyl (C=O) groups is 3. The van der Waals surface area contributed by atoms with E-state index >= 15 is 0 Å². The van der Waals surface area contributed by atoms with Crippen LogP contribution in [-0.4, -0.2) is 39.2 Å². The number of methoxy groups -OCH3 is 3. The van der Waals surface area contributed by atoms with Crippen molar-refractivity contribution in [2.75, 3.05) is 26.2 Å².